The molecule has 1 atom stereocenters. The second-order valence-electron chi connectivity index (χ2n) is 3.57. The van der Waals surface area contributed by atoms with E-state index in [9.17, 15) is 0 Å². The number of aromatic nitrogens is 2. The van der Waals surface area contributed by atoms with Crippen LogP contribution in [0.5, 0.6) is 0 Å². The van der Waals surface area contributed by atoms with Crippen molar-refractivity contribution in [3.8, 4) is 0 Å². The molecule has 0 bridgehead atoms. The van der Waals surface area contributed by atoms with Crippen LogP contribution in [0.1, 0.15) is 17.3 Å². The maximum absolute atomic E-state index is 6.08. The minimum Gasteiger partial charge on any atom is -0.322 e. The van der Waals surface area contributed by atoms with Crippen LogP contribution in [0.15, 0.2) is 47.3 Å². The molecule has 0 saturated carbocycles. The van der Waals surface area contributed by atoms with E-state index >= 15 is 0 Å². The van der Waals surface area contributed by atoms with E-state index < -0.39 is 0 Å². The van der Waals surface area contributed by atoms with E-state index in [0.717, 1.165) is 16.6 Å². The lowest BCUT2D eigenvalue weighted by molar-refractivity contribution is 0.695. The van der Waals surface area contributed by atoms with Gasteiger partial charge in [0.15, 0.2) is 0 Å². The number of nitrogens with two attached hydrogens (primary N) is 1. The predicted molar refractivity (Wildman–Crippen MR) is 66.8 cm³/mol. The summed E-state index contributed by atoms with van der Waals surface area (Å²) >= 11 is 3.35. The lowest BCUT2D eigenvalue weighted by Gasteiger charge is -2.10. The molecule has 2 rings (SSSR count). The number of pyridine rings is 2. The summed E-state index contributed by atoms with van der Waals surface area (Å²) in [5.41, 5.74) is 8.16. The fraction of sp³-hybridized carbons (Fsp3) is 0.167. The maximum atomic E-state index is 6.08. The van der Waals surface area contributed by atoms with Crippen LogP contribution in [0.25, 0.3) is 0 Å². The normalized spacial score (nSPS) is 12.4. The van der Waals surface area contributed by atoms with Gasteiger partial charge in [-0.3, -0.25) is 9.97 Å². The van der Waals surface area contributed by atoms with E-state index in [1.165, 1.54) is 5.56 Å². The molecular formula is C12H12BrN3. The van der Waals surface area contributed by atoms with Crippen LogP contribution >= 0.6 is 15.9 Å². The molecule has 2 heterocycles. The van der Waals surface area contributed by atoms with Crippen molar-refractivity contribution in [2.75, 3.05) is 0 Å². The zero-order valence-corrected chi connectivity index (χ0v) is 10.3. The van der Waals surface area contributed by atoms with Crippen molar-refractivity contribution in [2.24, 2.45) is 5.73 Å². The van der Waals surface area contributed by atoms with Gasteiger partial charge in [0.1, 0.15) is 0 Å². The van der Waals surface area contributed by atoms with Crippen LogP contribution in [0, 0.1) is 0 Å². The van der Waals surface area contributed by atoms with E-state index in [1.54, 1.807) is 18.6 Å². The van der Waals surface area contributed by atoms with Gasteiger partial charge in [-0.25, -0.2) is 0 Å². The number of hydrogen-bond acceptors (Lipinski definition) is 3. The van der Waals surface area contributed by atoms with Crippen LogP contribution in [0.4, 0.5) is 0 Å². The largest absolute Gasteiger partial charge is 0.322 e. The molecule has 0 amide bonds. The molecular weight excluding hydrogens is 266 g/mol. The molecule has 2 aromatic rings. The van der Waals surface area contributed by atoms with Gasteiger partial charge < -0.3 is 5.73 Å². The van der Waals surface area contributed by atoms with E-state index in [4.69, 9.17) is 5.73 Å². The predicted octanol–water partition coefficient (Wildman–Crippen LogP) is 2.48. The first-order chi connectivity index (χ1) is 7.75. The van der Waals surface area contributed by atoms with E-state index in [0.29, 0.717) is 0 Å². The maximum Gasteiger partial charge on any atom is 0.0575 e. The Bertz CT molecular complexity index is 442. The van der Waals surface area contributed by atoms with Gasteiger partial charge in [0.05, 0.1) is 11.7 Å². The van der Waals surface area contributed by atoms with Crippen molar-refractivity contribution in [3.63, 3.8) is 0 Å². The number of rotatable bonds is 3. The number of nitrogens with zero attached hydrogens (tertiary/aromatic N) is 2. The highest BCUT2D eigenvalue weighted by Gasteiger charge is 2.07. The summed E-state index contributed by atoms with van der Waals surface area (Å²) in [5.74, 6) is 0. The molecule has 0 spiro atoms. The summed E-state index contributed by atoms with van der Waals surface area (Å²) in [7, 11) is 0. The zero-order valence-electron chi connectivity index (χ0n) is 8.68. The minimum atomic E-state index is -0.0736. The van der Waals surface area contributed by atoms with Gasteiger partial charge >= 0.3 is 0 Å². The van der Waals surface area contributed by atoms with Gasteiger partial charge in [-0.1, -0.05) is 0 Å². The third-order valence-corrected chi connectivity index (χ3v) is 2.80. The van der Waals surface area contributed by atoms with Crippen molar-refractivity contribution in [1.82, 2.24) is 9.97 Å². The highest BCUT2D eigenvalue weighted by atomic mass is 79.9. The third-order valence-electron chi connectivity index (χ3n) is 2.34. The summed E-state index contributed by atoms with van der Waals surface area (Å²) in [4.78, 5) is 8.26. The first-order valence-electron chi connectivity index (χ1n) is 5.01. The van der Waals surface area contributed by atoms with Crippen molar-refractivity contribution < 1.29 is 0 Å². The average Bonchev–Trinajstić information content (AvgIpc) is 2.31. The molecule has 4 heteroatoms. The lowest BCUT2D eigenvalue weighted by Crippen LogP contribution is -2.14. The van der Waals surface area contributed by atoms with Gasteiger partial charge in [-0.2, -0.15) is 0 Å². The molecule has 2 N–H and O–H groups in total. The smallest absolute Gasteiger partial charge is 0.0575 e. The summed E-state index contributed by atoms with van der Waals surface area (Å²) in [5, 5.41) is 0. The first kappa shape index (κ1) is 11.2. The van der Waals surface area contributed by atoms with Crippen LogP contribution in [0.3, 0.4) is 0 Å². The molecule has 0 aliphatic heterocycles. The Morgan fingerprint density at radius 1 is 1.19 bits per heavy atom. The lowest BCUT2D eigenvalue weighted by atomic mass is 10.1. The van der Waals surface area contributed by atoms with Crippen LogP contribution in [-0.4, -0.2) is 9.97 Å². The molecule has 0 aliphatic carbocycles. The molecule has 16 heavy (non-hydrogen) atoms. The number of halogens is 1. The quantitative estimate of drug-likeness (QED) is 0.938. The second-order valence-corrected chi connectivity index (χ2v) is 4.48. The zero-order chi connectivity index (χ0) is 11.4. The van der Waals surface area contributed by atoms with Crippen LogP contribution in [0.2, 0.25) is 0 Å². The molecule has 0 aliphatic rings. The summed E-state index contributed by atoms with van der Waals surface area (Å²) < 4.78 is 0.965. The van der Waals surface area contributed by atoms with Gasteiger partial charge in [0.2, 0.25) is 0 Å². The third kappa shape index (κ3) is 2.87. The molecule has 0 saturated heterocycles. The van der Waals surface area contributed by atoms with Crippen molar-refractivity contribution >= 4 is 15.9 Å². The SMILES string of the molecule is NC(Cc1ccncc1)c1ccc(Br)cn1. The Morgan fingerprint density at radius 3 is 2.56 bits per heavy atom. The Hall–Kier alpha value is -1.26. The summed E-state index contributed by atoms with van der Waals surface area (Å²) in [6.07, 6.45) is 6.09. The Kier molecular flexibility index (Phi) is 3.64. The monoisotopic (exact) mass is 277 g/mol. The van der Waals surface area contributed by atoms with Gasteiger partial charge in [0.25, 0.3) is 0 Å². The van der Waals surface area contributed by atoms with Gasteiger partial charge in [-0.15, -0.1) is 0 Å². The Morgan fingerprint density at radius 2 is 1.94 bits per heavy atom. The fourth-order valence-electron chi connectivity index (χ4n) is 1.48. The van der Waals surface area contributed by atoms with Gasteiger partial charge in [-0.05, 0) is 52.2 Å². The standard InChI is InChI=1S/C12H12BrN3/c13-10-1-2-12(16-8-10)11(14)7-9-3-5-15-6-4-9/h1-6,8,11H,7,14H2. The molecule has 1 unspecified atom stereocenters. The second kappa shape index (κ2) is 5.18. The molecule has 3 nitrogen and oxygen atoms in total. The van der Waals surface area contributed by atoms with Crippen LogP contribution < -0.4 is 5.73 Å². The summed E-state index contributed by atoms with van der Waals surface area (Å²) in [6.45, 7) is 0. The van der Waals surface area contributed by atoms with Crippen LogP contribution in [-0.2, 0) is 6.42 Å². The molecule has 0 radical (unpaired) electrons. The topological polar surface area (TPSA) is 51.8 Å². The minimum absolute atomic E-state index is 0.0736. The average molecular weight is 278 g/mol. The highest BCUT2D eigenvalue weighted by Crippen LogP contribution is 2.15. The Balaban J connectivity index is 2.09. The van der Waals surface area contributed by atoms with Crippen molar-refractivity contribution in [2.45, 2.75) is 12.5 Å². The molecule has 0 fully saturated rings. The van der Waals surface area contributed by atoms with E-state index in [1.807, 2.05) is 24.3 Å². The molecule has 82 valence electrons. The van der Waals surface area contributed by atoms with E-state index in [-0.39, 0.29) is 6.04 Å². The van der Waals surface area contributed by atoms with Gasteiger partial charge in [0, 0.05) is 23.1 Å². The fourth-order valence-corrected chi connectivity index (χ4v) is 1.72. The number of hydrogen-bond donors (Lipinski definition) is 1. The molecule has 0 aromatic carbocycles. The Labute approximate surface area is 103 Å². The summed E-state index contributed by atoms with van der Waals surface area (Å²) in [6, 6.07) is 7.76. The highest BCUT2D eigenvalue weighted by molar-refractivity contribution is 9.10. The van der Waals surface area contributed by atoms with Crippen molar-refractivity contribution in [3.05, 3.63) is 58.6 Å². The van der Waals surface area contributed by atoms with Crippen molar-refractivity contribution in [1.29, 1.82) is 0 Å². The molecule has 2 aromatic heterocycles. The first-order valence-corrected chi connectivity index (χ1v) is 5.81. The van der Waals surface area contributed by atoms with E-state index in [2.05, 4.69) is 25.9 Å².